The van der Waals surface area contributed by atoms with Crippen LogP contribution < -0.4 is 4.90 Å². The largest absolute Gasteiger partial charge is 0.340 e. The molecule has 2 aliphatic heterocycles. The maximum Gasteiger partial charge on any atom is 0.228 e. The average Bonchev–Trinajstić information content (AvgIpc) is 3.09. The van der Waals surface area contributed by atoms with Gasteiger partial charge in [-0.15, -0.1) is 0 Å². The van der Waals surface area contributed by atoms with Crippen molar-refractivity contribution < 1.29 is 9.18 Å². The number of hydrogen-bond donors (Lipinski definition) is 0. The first-order valence-electron chi connectivity index (χ1n) is 8.04. The van der Waals surface area contributed by atoms with Crippen LogP contribution in [0.25, 0.3) is 0 Å². The Morgan fingerprint density at radius 3 is 2.71 bits per heavy atom. The number of aromatic nitrogens is 3. The highest BCUT2D eigenvalue weighted by atomic mass is 19.1. The van der Waals surface area contributed by atoms with E-state index in [4.69, 9.17) is 0 Å². The van der Waals surface area contributed by atoms with Gasteiger partial charge in [0.2, 0.25) is 11.9 Å². The Balaban J connectivity index is 1.44. The van der Waals surface area contributed by atoms with Gasteiger partial charge in [0.25, 0.3) is 0 Å². The minimum atomic E-state index is -0.453. The topological polar surface area (TPSA) is 62.2 Å². The number of rotatable bonds is 3. The van der Waals surface area contributed by atoms with Crippen LogP contribution in [0.15, 0.2) is 30.6 Å². The fraction of sp³-hybridized carbons (Fsp3) is 0.412. The number of halogens is 1. The van der Waals surface area contributed by atoms with Gasteiger partial charge in [-0.3, -0.25) is 9.78 Å². The molecule has 2 saturated heterocycles. The molecule has 1 amide bonds. The summed E-state index contributed by atoms with van der Waals surface area (Å²) in [5.74, 6) is 0.420. The predicted octanol–water partition coefficient (Wildman–Crippen LogP) is 1.41. The molecule has 2 fully saturated rings. The number of pyridine rings is 1. The molecule has 24 heavy (non-hydrogen) atoms. The van der Waals surface area contributed by atoms with Gasteiger partial charge in [0, 0.05) is 31.2 Å². The first kappa shape index (κ1) is 15.0. The number of amides is 1. The van der Waals surface area contributed by atoms with Crippen LogP contribution in [-0.4, -0.2) is 45.4 Å². The van der Waals surface area contributed by atoms with Crippen molar-refractivity contribution in [2.45, 2.75) is 13.5 Å². The molecular formula is C17H18FN5O. The van der Waals surface area contributed by atoms with Crippen molar-refractivity contribution >= 4 is 11.9 Å². The normalized spacial score (nSPS) is 23.0. The van der Waals surface area contributed by atoms with Crippen LogP contribution in [-0.2, 0) is 11.3 Å². The number of hydrogen-bond acceptors (Lipinski definition) is 5. The van der Waals surface area contributed by atoms with Gasteiger partial charge in [-0.1, -0.05) is 6.07 Å². The standard InChI is InChI=1S/C17H18FN5O/c1-11-3-2-4-14(21-11)9-22-7-12-8-23(10-15(12)16(22)24)17-19-5-13(18)6-20-17/h2-6,12,15H,7-10H2,1H3/t12-,15+/m1/s1. The fourth-order valence-electron chi connectivity index (χ4n) is 3.60. The lowest BCUT2D eigenvalue weighted by Crippen LogP contribution is -2.33. The first-order chi connectivity index (χ1) is 11.6. The highest BCUT2D eigenvalue weighted by Crippen LogP contribution is 2.34. The number of nitrogens with zero attached hydrogens (tertiary/aromatic N) is 5. The molecule has 0 radical (unpaired) electrons. The Bertz CT molecular complexity index is 766. The van der Waals surface area contributed by atoms with Crippen molar-refractivity contribution in [3.63, 3.8) is 0 Å². The summed E-state index contributed by atoms with van der Waals surface area (Å²) in [4.78, 5) is 29.0. The van der Waals surface area contributed by atoms with Crippen LogP contribution in [0.5, 0.6) is 0 Å². The second kappa shape index (κ2) is 5.81. The van der Waals surface area contributed by atoms with Crippen molar-refractivity contribution in [3.05, 3.63) is 47.8 Å². The Morgan fingerprint density at radius 1 is 1.21 bits per heavy atom. The van der Waals surface area contributed by atoms with Crippen LogP contribution in [0.4, 0.5) is 10.3 Å². The highest BCUT2D eigenvalue weighted by Gasteiger charge is 2.46. The van der Waals surface area contributed by atoms with E-state index in [9.17, 15) is 9.18 Å². The number of carbonyl (C=O) groups is 1. The van der Waals surface area contributed by atoms with E-state index in [0.717, 1.165) is 36.9 Å². The summed E-state index contributed by atoms with van der Waals surface area (Å²) in [6.07, 6.45) is 2.32. The molecule has 0 N–H and O–H groups in total. The third-order valence-electron chi connectivity index (χ3n) is 4.71. The molecule has 4 rings (SSSR count). The van der Waals surface area contributed by atoms with Crippen LogP contribution >= 0.6 is 0 Å². The summed E-state index contributed by atoms with van der Waals surface area (Å²) >= 11 is 0. The Morgan fingerprint density at radius 2 is 2.00 bits per heavy atom. The maximum absolute atomic E-state index is 12.9. The molecule has 0 bridgehead atoms. The molecule has 7 heteroatoms. The molecule has 0 aromatic carbocycles. The quantitative estimate of drug-likeness (QED) is 0.853. The monoisotopic (exact) mass is 327 g/mol. The van der Waals surface area contributed by atoms with Crippen molar-refractivity contribution in [2.75, 3.05) is 24.5 Å². The molecule has 0 saturated carbocycles. The van der Waals surface area contributed by atoms with Crippen molar-refractivity contribution in [3.8, 4) is 0 Å². The first-order valence-corrected chi connectivity index (χ1v) is 8.04. The van der Waals surface area contributed by atoms with Gasteiger partial charge in [-0.25, -0.2) is 14.4 Å². The van der Waals surface area contributed by atoms with E-state index < -0.39 is 5.82 Å². The summed E-state index contributed by atoms with van der Waals surface area (Å²) in [5, 5.41) is 0. The summed E-state index contributed by atoms with van der Waals surface area (Å²) in [7, 11) is 0. The third kappa shape index (κ3) is 2.70. The summed E-state index contributed by atoms with van der Waals surface area (Å²) in [5.41, 5.74) is 1.88. The van der Waals surface area contributed by atoms with Gasteiger partial charge in [0.1, 0.15) is 0 Å². The van der Waals surface area contributed by atoms with Gasteiger partial charge in [0.05, 0.1) is 30.6 Å². The Kier molecular flexibility index (Phi) is 3.63. The molecule has 0 spiro atoms. The molecule has 124 valence electrons. The minimum absolute atomic E-state index is 0.0385. The Hall–Kier alpha value is -2.57. The van der Waals surface area contributed by atoms with Gasteiger partial charge in [-0.05, 0) is 19.1 Å². The zero-order valence-corrected chi connectivity index (χ0v) is 13.4. The van der Waals surface area contributed by atoms with E-state index in [0.29, 0.717) is 19.0 Å². The lowest BCUT2D eigenvalue weighted by atomic mass is 10.0. The van der Waals surface area contributed by atoms with Crippen LogP contribution in [0.1, 0.15) is 11.4 Å². The molecule has 2 aliphatic rings. The Labute approximate surface area is 139 Å². The molecule has 2 aromatic rings. The SMILES string of the molecule is Cc1cccc(CN2C[C@@H]3CN(c4ncc(F)cn4)C[C@@H]3C2=O)n1. The molecule has 6 nitrogen and oxygen atoms in total. The van der Waals surface area contributed by atoms with Crippen LogP contribution in [0, 0.1) is 24.6 Å². The number of aryl methyl sites for hydroxylation is 1. The third-order valence-corrected chi connectivity index (χ3v) is 4.71. The molecule has 2 aromatic heterocycles. The van der Waals surface area contributed by atoms with E-state index in [1.54, 1.807) is 0 Å². The van der Waals surface area contributed by atoms with E-state index >= 15 is 0 Å². The number of carbonyl (C=O) groups excluding carboxylic acids is 1. The maximum atomic E-state index is 12.9. The van der Waals surface area contributed by atoms with Crippen molar-refractivity contribution in [1.29, 1.82) is 0 Å². The molecule has 2 atom stereocenters. The fourth-order valence-corrected chi connectivity index (χ4v) is 3.60. The van der Waals surface area contributed by atoms with Crippen molar-refractivity contribution in [2.24, 2.45) is 11.8 Å². The van der Waals surface area contributed by atoms with Gasteiger partial charge >= 0.3 is 0 Å². The lowest BCUT2D eigenvalue weighted by Gasteiger charge is -2.21. The van der Waals surface area contributed by atoms with E-state index in [1.807, 2.05) is 34.9 Å². The second-order valence-electron chi connectivity index (χ2n) is 6.46. The van der Waals surface area contributed by atoms with Crippen molar-refractivity contribution in [1.82, 2.24) is 19.9 Å². The average molecular weight is 327 g/mol. The summed E-state index contributed by atoms with van der Waals surface area (Å²) in [6, 6.07) is 5.87. The van der Waals surface area contributed by atoms with E-state index in [-0.39, 0.29) is 17.7 Å². The minimum Gasteiger partial charge on any atom is -0.340 e. The zero-order chi connectivity index (χ0) is 16.7. The summed E-state index contributed by atoms with van der Waals surface area (Å²) < 4.78 is 12.9. The number of likely N-dealkylation sites (tertiary alicyclic amines) is 1. The summed E-state index contributed by atoms with van der Waals surface area (Å²) in [6.45, 7) is 4.54. The molecule has 0 aliphatic carbocycles. The van der Waals surface area contributed by atoms with Gasteiger partial charge in [-0.2, -0.15) is 0 Å². The number of fused-ring (bicyclic) bond motifs is 1. The second-order valence-corrected chi connectivity index (χ2v) is 6.46. The highest BCUT2D eigenvalue weighted by molar-refractivity contribution is 5.83. The van der Waals surface area contributed by atoms with Crippen LogP contribution in [0.3, 0.4) is 0 Å². The molecule has 4 heterocycles. The lowest BCUT2D eigenvalue weighted by molar-refractivity contribution is -0.131. The number of anilines is 1. The van der Waals surface area contributed by atoms with E-state index in [2.05, 4.69) is 15.0 Å². The van der Waals surface area contributed by atoms with Crippen LogP contribution in [0.2, 0.25) is 0 Å². The molecular weight excluding hydrogens is 309 g/mol. The molecule has 0 unspecified atom stereocenters. The zero-order valence-electron chi connectivity index (χ0n) is 13.4. The van der Waals surface area contributed by atoms with Gasteiger partial charge < -0.3 is 9.80 Å². The predicted molar refractivity (Wildman–Crippen MR) is 85.6 cm³/mol. The smallest absolute Gasteiger partial charge is 0.228 e. The van der Waals surface area contributed by atoms with E-state index in [1.165, 1.54) is 0 Å². The van der Waals surface area contributed by atoms with Gasteiger partial charge in [0.15, 0.2) is 5.82 Å².